The SMILES string of the molecule is O=C(NCCC(=O)N1CCC2(CCNC2)CC1)c1cccs1. The topological polar surface area (TPSA) is 61.4 Å². The van der Waals surface area contributed by atoms with Gasteiger partial charge in [-0.15, -0.1) is 11.3 Å². The third kappa shape index (κ3) is 3.50. The smallest absolute Gasteiger partial charge is 0.261 e. The molecular weight excluding hydrogens is 298 g/mol. The normalized spacial score (nSPS) is 20.3. The molecule has 1 spiro atoms. The maximum Gasteiger partial charge on any atom is 0.261 e. The zero-order valence-electron chi connectivity index (χ0n) is 12.8. The highest BCUT2D eigenvalue weighted by Gasteiger charge is 2.37. The number of rotatable bonds is 4. The van der Waals surface area contributed by atoms with Crippen LogP contribution in [-0.4, -0.2) is 49.4 Å². The first-order valence-electron chi connectivity index (χ1n) is 7.99. The Kier molecular flexibility index (Phi) is 4.78. The second-order valence-corrected chi connectivity index (χ2v) is 7.24. The maximum absolute atomic E-state index is 12.2. The van der Waals surface area contributed by atoms with Gasteiger partial charge in [-0.2, -0.15) is 0 Å². The zero-order valence-corrected chi connectivity index (χ0v) is 13.6. The van der Waals surface area contributed by atoms with Crippen LogP contribution in [0.5, 0.6) is 0 Å². The molecule has 2 fully saturated rings. The fraction of sp³-hybridized carbons (Fsp3) is 0.625. The van der Waals surface area contributed by atoms with Crippen molar-refractivity contribution in [3.8, 4) is 0 Å². The second-order valence-electron chi connectivity index (χ2n) is 6.29. The van der Waals surface area contributed by atoms with Crippen LogP contribution in [0.25, 0.3) is 0 Å². The van der Waals surface area contributed by atoms with Crippen molar-refractivity contribution in [3.63, 3.8) is 0 Å². The monoisotopic (exact) mass is 321 g/mol. The Morgan fingerprint density at radius 3 is 2.77 bits per heavy atom. The fourth-order valence-corrected chi connectivity index (χ4v) is 4.03. The van der Waals surface area contributed by atoms with Crippen molar-refractivity contribution in [1.29, 1.82) is 0 Å². The van der Waals surface area contributed by atoms with E-state index in [1.165, 1.54) is 17.8 Å². The predicted molar refractivity (Wildman–Crippen MR) is 87.0 cm³/mol. The van der Waals surface area contributed by atoms with Crippen LogP contribution in [0.3, 0.4) is 0 Å². The van der Waals surface area contributed by atoms with E-state index in [2.05, 4.69) is 10.6 Å². The molecule has 0 aliphatic carbocycles. The molecule has 1 aromatic rings. The van der Waals surface area contributed by atoms with Gasteiger partial charge in [-0.3, -0.25) is 9.59 Å². The lowest BCUT2D eigenvalue weighted by atomic mass is 9.78. The number of amides is 2. The van der Waals surface area contributed by atoms with Crippen molar-refractivity contribution in [2.75, 3.05) is 32.7 Å². The van der Waals surface area contributed by atoms with Crippen LogP contribution in [-0.2, 0) is 4.79 Å². The molecule has 3 heterocycles. The largest absolute Gasteiger partial charge is 0.351 e. The van der Waals surface area contributed by atoms with Gasteiger partial charge in [-0.25, -0.2) is 0 Å². The van der Waals surface area contributed by atoms with Gasteiger partial charge in [0, 0.05) is 32.6 Å². The molecule has 6 heteroatoms. The molecule has 3 rings (SSSR count). The molecule has 0 radical (unpaired) electrons. The summed E-state index contributed by atoms with van der Waals surface area (Å²) in [5, 5.41) is 8.13. The third-order valence-electron chi connectivity index (χ3n) is 4.88. The van der Waals surface area contributed by atoms with Crippen molar-refractivity contribution in [2.24, 2.45) is 5.41 Å². The highest BCUT2D eigenvalue weighted by molar-refractivity contribution is 7.12. The van der Waals surface area contributed by atoms with Crippen molar-refractivity contribution < 1.29 is 9.59 Å². The molecule has 2 aliphatic rings. The van der Waals surface area contributed by atoms with E-state index >= 15 is 0 Å². The molecule has 5 nitrogen and oxygen atoms in total. The molecule has 0 aromatic carbocycles. The summed E-state index contributed by atoms with van der Waals surface area (Å²) in [6, 6.07) is 3.65. The summed E-state index contributed by atoms with van der Waals surface area (Å²) in [6.07, 6.45) is 3.84. The molecule has 0 unspecified atom stereocenters. The minimum Gasteiger partial charge on any atom is -0.351 e. The van der Waals surface area contributed by atoms with Crippen LogP contribution < -0.4 is 10.6 Å². The first-order valence-corrected chi connectivity index (χ1v) is 8.87. The number of likely N-dealkylation sites (tertiary alicyclic amines) is 1. The van der Waals surface area contributed by atoms with Gasteiger partial charge >= 0.3 is 0 Å². The zero-order chi connectivity index (χ0) is 15.4. The number of carbonyl (C=O) groups excluding carboxylic acids is 2. The molecular formula is C16H23N3O2S. The Bertz CT molecular complexity index is 514. The molecule has 0 bridgehead atoms. The van der Waals surface area contributed by atoms with E-state index in [-0.39, 0.29) is 11.8 Å². The van der Waals surface area contributed by atoms with E-state index in [4.69, 9.17) is 0 Å². The molecule has 2 aliphatic heterocycles. The molecule has 120 valence electrons. The van der Waals surface area contributed by atoms with Crippen LogP contribution in [0.2, 0.25) is 0 Å². The van der Waals surface area contributed by atoms with Crippen molar-refractivity contribution in [1.82, 2.24) is 15.5 Å². The Labute approximate surface area is 135 Å². The van der Waals surface area contributed by atoms with Gasteiger partial charge in [-0.05, 0) is 42.7 Å². The molecule has 22 heavy (non-hydrogen) atoms. The van der Waals surface area contributed by atoms with Crippen LogP contribution in [0.1, 0.15) is 35.4 Å². The van der Waals surface area contributed by atoms with Crippen LogP contribution in [0.4, 0.5) is 0 Å². The van der Waals surface area contributed by atoms with Gasteiger partial charge in [0.15, 0.2) is 0 Å². The van der Waals surface area contributed by atoms with E-state index in [1.54, 1.807) is 6.07 Å². The molecule has 2 saturated heterocycles. The fourth-order valence-electron chi connectivity index (χ4n) is 3.39. The van der Waals surface area contributed by atoms with Crippen molar-refractivity contribution >= 4 is 23.2 Å². The van der Waals surface area contributed by atoms with Crippen molar-refractivity contribution in [2.45, 2.75) is 25.7 Å². The highest BCUT2D eigenvalue weighted by Crippen LogP contribution is 2.36. The standard InChI is InChI=1S/C16H23N3O2S/c20-14(3-7-18-15(21)13-2-1-11-22-13)19-9-5-16(6-10-19)4-8-17-12-16/h1-2,11,17H,3-10,12H2,(H,18,21). The minimum atomic E-state index is -0.0857. The van der Waals surface area contributed by atoms with Gasteiger partial charge in [0.05, 0.1) is 4.88 Å². The lowest BCUT2D eigenvalue weighted by Crippen LogP contribution is -2.44. The minimum absolute atomic E-state index is 0.0857. The number of nitrogens with one attached hydrogen (secondary N) is 2. The summed E-state index contributed by atoms with van der Waals surface area (Å²) in [5.74, 6) is 0.0738. The Morgan fingerprint density at radius 2 is 2.14 bits per heavy atom. The van der Waals surface area contributed by atoms with Gasteiger partial charge in [0.25, 0.3) is 5.91 Å². The predicted octanol–water partition coefficient (Wildman–Crippen LogP) is 1.47. The van der Waals surface area contributed by atoms with Gasteiger partial charge in [0.1, 0.15) is 0 Å². The van der Waals surface area contributed by atoms with Crippen LogP contribution in [0.15, 0.2) is 17.5 Å². The first-order chi connectivity index (χ1) is 10.7. The summed E-state index contributed by atoms with van der Waals surface area (Å²) in [7, 11) is 0. The lowest BCUT2D eigenvalue weighted by Gasteiger charge is -2.39. The average molecular weight is 321 g/mol. The molecule has 1 aromatic heterocycles. The number of carbonyl (C=O) groups is 2. The van der Waals surface area contributed by atoms with E-state index in [9.17, 15) is 9.59 Å². The average Bonchev–Trinajstić information content (AvgIpc) is 3.20. The van der Waals surface area contributed by atoms with Gasteiger partial charge in [-0.1, -0.05) is 6.07 Å². The number of hydrogen-bond acceptors (Lipinski definition) is 4. The number of nitrogens with zero attached hydrogens (tertiary/aromatic N) is 1. The lowest BCUT2D eigenvalue weighted by molar-refractivity contribution is -0.133. The highest BCUT2D eigenvalue weighted by atomic mass is 32.1. The molecule has 0 atom stereocenters. The van der Waals surface area contributed by atoms with E-state index in [0.29, 0.717) is 23.3 Å². The third-order valence-corrected chi connectivity index (χ3v) is 5.75. The van der Waals surface area contributed by atoms with Gasteiger partial charge in [0.2, 0.25) is 5.91 Å². The van der Waals surface area contributed by atoms with E-state index < -0.39 is 0 Å². The summed E-state index contributed by atoms with van der Waals surface area (Å²) in [5.41, 5.74) is 0.435. The number of piperidine rings is 1. The number of hydrogen-bond donors (Lipinski definition) is 2. The summed E-state index contributed by atoms with van der Waals surface area (Å²) >= 11 is 1.42. The van der Waals surface area contributed by atoms with Crippen LogP contribution >= 0.6 is 11.3 Å². The molecule has 2 amide bonds. The Hall–Kier alpha value is -1.40. The quantitative estimate of drug-likeness (QED) is 0.883. The number of thiophene rings is 1. The summed E-state index contributed by atoms with van der Waals surface area (Å²) in [4.78, 5) is 26.7. The maximum atomic E-state index is 12.2. The Morgan fingerprint density at radius 1 is 1.32 bits per heavy atom. The molecule has 2 N–H and O–H groups in total. The van der Waals surface area contributed by atoms with Gasteiger partial charge < -0.3 is 15.5 Å². The summed E-state index contributed by atoms with van der Waals surface area (Å²) in [6.45, 7) is 4.35. The van der Waals surface area contributed by atoms with E-state index in [0.717, 1.165) is 39.0 Å². The van der Waals surface area contributed by atoms with Crippen LogP contribution in [0, 0.1) is 5.41 Å². The second kappa shape index (κ2) is 6.79. The first kappa shape index (κ1) is 15.5. The molecule has 0 saturated carbocycles. The van der Waals surface area contributed by atoms with Crippen molar-refractivity contribution in [3.05, 3.63) is 22.4 Å². The van der Waals surface area contributed by atoms with E-state index in [1.807, 2.05) is 16.3 Å². The Balaban J connectivity index is 1.38. The summed E-state index contributed by atoms with van der Waals surface area (Å²) < 4.78 is 0.